The third-order valence-corrected chi connectivity index (χ3v) is 3.28. The number of rotatable bonds is 4. The highest BCUT2D eigenvalue weighted by atomic mass is 35.5. The summed E-state index contributed by atoms with van der Waals surface area (Å²) in [6.07, 6.45) is 0.290. The Morgan fingerprint density at radius 3 is 2.37 bits per heavy atom. The minimum Gasteiger partial charge on any atom is -0.299 e. The van der Waals surface area contributed by atoms with Crippen LogP contribution < -0.4 is 0 Å². The van der Waals surface area contributed by atoms with E-state index < -0.39 is 5.82 Å². The Morgan fingerprint density at radius 2 is 1.68 bits per heavy atom. The van der Waals surface area contributed by atoms with Crippen molar-refractivity contribution in [2.45, 2.75) is 12.8 Å². The van der Waals surface area contributed by atoms with Gasteiger partial charge in [-0.05, 0) is 29.3 Å². The van der Waals surface area contributed by atoms with Gasteiger partial charge in [-0.3, -0.25) is 4.79 Å². The average molecular weight is 297 g/mol. The maximum Gasteiger partial charge on any atom is 0.145 e. The fraction of sp³-hybridized carbons (Fsp3) is 0.133. The molecule has 0 fully saturated rings. The van der Waals surface area contributed by atoms with E-state index in [4.69, 9.17) is 23.2 Å². The molecule has 0 aromatic heterocycles. The molecule has 0 heterocycles. The maximum atomic E-state index is 13.7. The van der Waals surface area contributed by atoms with E-state index in [9.17, 15) is 9.18 Å². The fourth-order valence-corrected chi connectivity index (χ4v) is 2.11. The van der Waals surface area contributed by atoms with Crippen molar-refractivity contribution in [3.8, 4) is 0 Å². The monoisotopic (exact) mass is 296 g/mol. The Bertz CT molecular complexity index is 594. The molecule has 0 bridgehead atoms. The Balaban J connectivity index is 2.05. The van der Waals surface area contributed by atoms with Crippen molar-refractivity contribution in [2.24, 2.45) is 0 Å². The molecule has 98 valence electrons. The number of halogens is 3. The van der Waals surface area contributed by atoms with Crippen molar-refractivity contribution in [3.05, 3.63) is 69.5 Å². The van der Waals surface area contributed by atoms with Crippen LogP contribution in [0.2, 0.25) is 10.0 Å². The van der Waals surface area contributed by atoms with E-state index in [2.05, 4.69) is 0 Å². The zero-order valence-corrected chi connectivity index (χ0v) is 11.5. The van der Waals surface area contributed by atoms with Gasteiger partial charge < -0.3 is 0 Å². The third kappa shape index (κ3) is 3.79. The van der Waals surface area contributed by atoms with Crippen LogP contribution >= 0.6 is 23.2 Å². The van der Waals surface area contributed by atoms with Crippen molar-refractivity contribution < 1.29 is 9.18 Å². The summed E-state index contributed by atoms with van der Waals surface area (Å²) < 4.78 is 13.7. The number of hydrogen-bond acceptors (Lipinski definition) is 1. The fourth-order valence-electron chi connectivity index (χ4n) is 1.79. The van der Waals surface area contributed by atoms with Crippen molar-refractivity contribution in [3.63, 3.8) is 0 Å². The summed E-state index contributed by atoms with van der Waals surface area (Å²) in [6.45, 7) is 0. The number of benzene rings is 2. The van der Waals surface area contributed by atoms with Crippen LogP contribution in [0.3, 0.4) is 0 Å². The molecule has 2 aromatic carbocycles. The lowest BCUT2D eigenvalue weighted by Crippen LogP contribution is -2.08. The largest absolute Gasteiger partial charge is 0.299 e. The van der Waals surface area contributed by atoms with Crippen molar-refractivity contribution >= 4 is 29.0 Å². The molecule has 2 rings (SSSR count). The van der Waals surface area contributed by atoms with Gasteiger partial charge in [0.2, 0.25) is 0 Å². The number of hydrogen-bond donors (Lipinski definition) is 0. The van der Waals surface area contributed by atoms with E-state index in [0.717, 1.165) is 5.56 Å². The smallest absolute Gasteiger partial charge is 0.145 e. The molecule has 0 spiro atoms. The highest BCUT2D eigenvalue weighted by Crippen LogP contribution is 2.19. The summed E-state index contributed by atoms with van der Waals surface area (Å²) in [4.78, 5) is 11.9. The molecule has 0 aliphatic rings. The molecule has 0 atom stereocenters. The molecule has 0 N–H and O–H groups in total. The van der Waals surface area contributed by atoms with Crippen LogP contribution in [0.15, 0.2) is 42.5 Å². The predicted molar refractivity (Wildman–Crippen MR) is 75.3 cm³/mol. The van der Waals surface area contributed by atoms with E-state index in [1.807, 2.05) is 0 Å². The highest BCUT2D eigenvalue weighted by molar-refractivity contribution is 6.31. The number of carbonyl (C=O) groups excluding carboxylic acids is 1. The number of ketones is 1. The first-order valence-electron chi connectivity index (χ1n) is 5.75. The second-order valence-corrected chi connectivity index (χ2v) is 5.08. The minimum atomic E-state index is -0.520. The normalized spacial score (nSPS) is 10.5. The predicted octanol–water partition coefficient (Wildman–Crippen LogP) is 4.49. The van der Waals surface area contributed by atoms with E-state index in [-0.39, 0.29) is 23.6 Å². The van der Waals surface area contributed by atoms with Crippen molar-refractivity contribution in [2.75, 3.05) is 0 Å². The molecule has 0 unspecified atom stereocenters. The van der Waals surface area contributed by atoms with Gasteiger partial charge in [0.1, 0.15) is 11.6 Å². The first kappa shape index (κ1) is 14.0. The molecule has 0 saturated heterocycles. The summed E-state index contributed by atoms with van der Waals surface area (Å²) in [5, 5.41) is 0.661. The summed E-state index contributed by atoms with van der Waals surface area (Å²) in [6, 6.07) is 11.7. The quantitative estimate of drug-likeness (QED) is 0.812. The molecule has 1 nitrogen and oxygen atoms in total. The summed E-state index contributed by atoms with van der Waals surface area (Å²) in [5.74, 6) is -0.586. The molecule has 0 saturated carbocycles. The Hall–Kier alpha value is -1.38. The molecule has 0 amide bonds. The Labute approximate surface area is 121 Å². The van der Waals surface area contributed by atoms with Crippen molar-refractivity contribution in [1.29, 1.82) is 0 Å². The first-order valence-corrected chi connectivity index (χ1v) is 6.51. The standard InChI is InChI=1S/C15H11Cl2FO/c16-12-6-4-10(5-7-12)8-13(19)9-11-2-1-3-14(17)15(11)18/h1-7H,8-9H2. The molecule has 2 aromatic rings. The van der Waals surface area contributed by atoms with E-state index in [0.29, 0.717) is 10.6 Å². The van der Waals surface area contributed by atoms with Crippen LogP contribution in [0.4, 0.5) is 4.39 Å². The molecular weight excluding hydrogens is 286 g/mol. The number of Topliss-reactive ketones (excluding diaryl/α,β-unsaturated/α-hetero) is 1. The molecule has 4 heteroatoms. The molecular formula is C15H11Cl2FO. The zero-order chi connectivity index (χ0) is 13.8. The highest BCUT2D eigenvalue weighted by Gasteiger charge is 2.11. The summed E-state index contributed by atoms with van der Waals surface area (Å²) in [5.41, 5.74) is 1.18. The first-order chi connectivity index (χ1) is 9.06. The lowest BCUT2D eigenvalue weighted by molar-refractivity contribution is -0.117. The zero-order valence-electron chi connectivity index (χ0n) is 10.00. The SMILES string of the molecule is O=C(Cc1ccc(Cl)cc1)Cc1cccc(Cl)c1F. The van der Waals surface area contributed by atoms with Crippen LogP contribution in [-0.4, -0.2) is 5.78 Å². The molecule has 0 radical (unpaired) electrons. The Kier molecular flexibility index (Phi) is 4.56. The number of carbonyl (C=O) groups is 1. The summed E-state index contributed by atoms with van der Waals surface area (Å²) in [7, 11) is 0. The van der Waals surface area contributed by atoms with Gasteiger partial charge in [0.05, 0.1) is 5.02 Å². The van der Waals surface area contributed by atoms with Crippen molar-refractivity contribution in [1.82, 2.24) is 0 Å². The third-order valence-electron chi connectivity index (χ3n) is 2.73. The lowest BCUT2D eigenvalue weighted by Gasteiger charge is -2.04. The van der Waals surface area contributed by atoms with Crippen LogP contribution in [0.1, 0.15) is 11.1 Å². The van der Waals surface area contributed by atoms with Gasteiger partial charge in [-0.2, -0.15) is 0 Å². The topological polar surface area (TPSA) is 17.1 Å². The van der Waals surface area contributed by atoms with Gasteiger partial charge >= 0.3 is 0 Å². The van der Waals surface area contributed by atoms with Crippen LogP contribution in [0.25, 0.3) is 0 Å². The van der Waals surface area contributed by atoms with Crippen LogP contribution in [0, 0.1) is 5.82 Å². The Morgan fingerprint density at radius 1 is 1.00 bits per heavy atom. The average Bonchev–Trinajstić information content (AvgIpc) is 2.38. The van der Waals surface area contributed by atoms with Gasteiger partial charge in [-0.25, -0.2) is 4.39 Å². The van der Waals surface area contributed by atoms with Gasteiger partial charge in [-0.1, -0.05) is 47.5 Å². The molecule has 0 aliphatic carbocycles. The van der Waals surface area contributed by atoms with E-state index in [1.165, 1.54) is 6.07 Å². The van der Waals surface area contributed by atoms with E-state index in [1.54, 1.807) is 36.4 Å². The minimum absolute atomic E-state index is 0.0367. The van der Waals surface area contributed by atoms with Gasteiger partial charge in [0.15, 0.2) is 0 Å². The molecule has 0 aliphatic heterocycles. The lowest BCUT2D eigenvalue weighted by atomic mass is 10.0. The summed E-state index contributed by atoms with van der Waals surface area (Å²) >= 11 is 11.4. The van der Waals surface area contributed by atoms with Gasteiger partial charge in [-0.15, -0.1) is 0 Å². The van der Waals surface area contributed by atoms with Gasteiger partial charge in [0, 0.05) is 17.9 Å². The second-order valence-electron chi connectivity index (χ2n) is 4.23. The van der Waals surface area contributed by atoms with Crippen LogP contribution in [0.5, 0.6) is 0 Å². The van der Waals surface area contributed by atoms with E-state index >= 15 is 0 Å². The second kappa shape index (κ2) is 6.18. The van der Waals surface area contributed by atoms with Gasteiger partial charge in [0.25, 0.3) is 0 Å². The maximum absolute atomic E-state index is 13.7. The van der Waals surface area contributed by atoms with Crippen LogP contribution in [-0.2, 0) is 17.6 Å². The molecule has 19 heavy (non-hydrogen) atoms.